The number of hydrogen-bond donors (Lipinski definition) is 3. The van der Waals surface area contributed by atoms with Crippen LogP contribution in [-0.4, -0.2) is 18.0 Å². The van der Waals surface area contributed by atoms with Crippen LogP contribution in [0.3, 0.4) is 0 Å². The first-order chi connectivity index (χ1) is 13.1. The Hall–Kier alpha value is -2.69. The molecule has 1 aromatic carbocycles. The number of halogens is 1. The highest BCUT2D eigenvalue weighted by Gasteiger charge is 2.41. The minimum absolute atomic E-state index is 0.0368. The Morgan fingerprint density at radius 1 is 1.33 bits per heavy atom. The van der Waals surface area contributed by atoms with Gasteiger partial charge in [-0.2, -0.15) is 5.26 Å². The summed E-state index contributed by atoms with van der Waals surface area (Å²) in [6, 6.07) is 6.93. The van der Waals surface area contributed by atoms with Crippen LogP contribution in [0.1, 0.15) is 52.4 Å². The monoisotopic (exact) mass is 368 g/mol. The topological polar surface area (TPSA) is 90.1 Å². The highest BCUT2D eigenvalue weighted by atomic mass is 19.1. The van der Waals surface area contributed by atoms with Crippen molar-refractivity contribution in [3.8, 4) is 6.07 Å². The van der Waals surface area contributed by atoms with Crippen molar-refractivity contribution in [2.45, 2.75) is 44.3 Å². The molecule has 0 radical (unpaired) electrons. The standard InChI is InChI=1S/C20H21FN4O2/c1-11-12(9-22)2-4-16(21)18(11)20(26)23-14-3-5-17-15(8-14)19(25-24-17)13-6-7-27-10-13/h2,4,6-7,10,14-15,17,19,24-25H,3,5,8H2,1H3,(H,23,26). The molecule has 1 aromatic heterocycles. The number of benzene rings is 1. The molecule has 27 heavy (non-hydrogen) atoms. The molecule has 1 aliphatic carbocycles. The maximum absolute atomic E-state index is 14.2. The molecule has 4 rings (SSSR count). The molecule has 140 valence electrons. The minimum Gasteiger partial charge on any atom is -0.472 e. The molecular formula is C20H21FN4O2. The number of nitrogens with one attached hydrogen (secondary N) is 3. The van der Waals surface area contributed by atoms with Gasteiger partial charge in [0.2, 0.25) is 0 Å². The Morgan fingerprint density at radius 2 is 2.19 bits per heavy atom. The molecule has 1 saturated carbocycles. The molecule has 1 aliphatic heterocycles. The lowest BCUT2D eigenvalue weighted by molar-refractivity contribution is 0.0910. The molecule has 6 nitrogen and oxygen atoms in total. The summed E-state index contributed by atoms with van der Waals surface area (Å²) >= 11 is 0. The third-order valence-corrected chi connectivity index (χ3v) is 5.75. The van der Waals surface area contributed by atoms with E-state index in [1.165, 1.54) is 12.1 Å². The molecule has 0 bridgehead atoms. The van der Waals surface area contributed by atoms with Crippen LogP contribution in [-0.2, 0) is 0 Å². The van der Waals surface area contributed by atoms with Crippen LogP contribution in [0.15, 0.2) is 35.1 Å². The third kappa shape index (κ3) is 3.22. The van der Waals surface area contributed by atoms with Gasteiger partial charge in [-0.05, 0) is 55.9 Å². The second kappa shape index (κ2) is 7.14. The van der Waals surface area contributed by atoms with E-state index in [9.17, 15) is 9.18 Å². The Kier molecular flexibility index (Phi) is 4.68. The van der Waals surface area contributed by atoms with Crippen molar-refractivity contribution in [2.24, 2.45) is 5.92 Å². The maximum Gasteiger partial charge on any atom is 0.254 e. The molecule has 2 aromatic rings. The smallest absolute Gasteiger partial charge is 0.254 e. The van der Waals surface area contributed by atoms with Gasteiger partial charge in [-0.25, -0.2) is 9.82 Å². The first kappa shape index (κ1) is 17.7. The van der Waals surface area contributed by atoms with Crippen molar-refractivity contribution in [3.05, 3.63) is 58.8 Å². The molecular weight excluding hydrogens is 347 g/mol. The fourth-order valence-corrected chi connectivity index (χ4v) is 4.31. The molecule has 7 heteroatoms. The average molecular weight is 368 g/mol. The van der Waals surface area contributed by atoms with E-state index in [4.69, 9.17) is 9.68 Å². The molecule has 1 saturated heterocycles. The molecule has 2 fully saturated rings. The Bertz CT molecular complexity index is 890. The predicted octanol–water partition coefficient (Wildman–Crippen LogP) is 2.72. The zero-order chi connectivity index (χ0) is 19.0. The van der Waals surface area contributed by atoms with Crippen LogP contribution in [0.2, 0.25) is 0 Å². The van der Waals surface area contributed by atoms with Gasteiger partial charge in [-0.3, -0.25) is 10.2 Å². The first-order valence-electron chi connectivity index (χ1n) is 9.11. The third-order valence-electron chi connectivity index (χ3n) is 5.75. The summed E-state index contributed by atoms with van der Waals surface area (Å²) in [6.45, 7) is 1.60. The predicted molar refractivity (Wildman–Crippen MR) is 96.0 cm³/mol. The van der Waals surface area contributed by atoms with Crippen molar-refractivity contribution in [3.63, 3.8) is 0 Å². The molecule has 4 unspecified atom stereocenters. The molecule has 0 spiro atoms. The van der Waals surface area contributed by atoms with Gasteiger partial charge in [-0.15, -0.1) is 0 Å². The second-order valence-electron chi connectivity index (χ2n) is 7.28. The van der Waals surface area contributed by atoms with E-state index in [1.54, 1.807) is 19.5 Å². The van der Waals surface area contributed by atoms with Crippen molar-refractivity contribution >= 4 is 5.91 Å². The summed E-state index contributed by atoms with van der Waals surface area (Å²) in [5.41, 5.74) is 8.39. The van der Waals surface area contributed by atoms with Crippen LogP contribution in [0.25, 0.3) is 0 Å². The first-order valence-corrected chi connectivity index (χ1v) is 9.11. The molecule has 4 atom stereocenters. The fourth-order valence-electron chi connectivity index (χ4n) is 4.31. The SMILES string of the molecule is Cc1c(C#N)ccc(F)c1C(=O)NC1CCC2NNC(c3ccoc3)C2C1. The largest absolute Gasteiger partial charge is 0.472 e. The summed E-state index contributed by atoms with van der Waals surface area (Å²) in [6.07, 6.45) is 5.90. The Morgan fingerprint density at radius 3 is 2.93 bits per heavy atom. The number of carbonyl (C=O) groups is 1. The minimum atomic E-state index is -0.599. The number of hydrogen-bond acceptors (Lipinski definition) is 5. The summed E-state index contributed by atoms with van der Waals surface area (Å²) in [4.78, 5) is 12.7. The molecule has 2 aliphatic rings. The summed E-state index contributed by atoms with van der Waals surface area (Å²) in [7, 11) is 0. The van der Waals surface area contributed by atoms with E-state index >= 15 is 0 Å². The van der Waals surface area contributed by atoms with Crippen molar-refractivity contribution in [1.29, 1.82) is 5.26 Å². The molecule has 2 heterocycles. The highest BCUT2D eigenvalue weighted by molar-refractivity contribution is 5.96. The van der Waals surface area contributed by atoms with E-state index in [2.05, 4.69) is 16.2 Å². The van der Waals surface area contributed by atoms with E-state index in [0.717, 1.165) is 24.8 Å². The van der Waals surface area contributed by atoms with Crippen molar-refractivity contribution in [2.75, 3.05) is 0 Å². The van der Waals surface area contributed by atoms with Gasteiger partial charge in [0.15, 0.2) is 0 Å². The lowest BCUT2D eigenvalue weighted by Gasteiger charge is -2.33. The van der Waals surface area contributed by atoms with Crippen molar-refractivity contribution < 1.29 is 13.6 Å². The maximum atomic E-state index is 14.2. The number of hydrazine groups is 1. The van der Waals surface area contributed by atoms with Crippen LogP contribution >= 0.6 is 0 Å². The quantitative estimate of drug-likeness (QED) is 0.775. The summed E-state index contributed by atoms with van der Waals surface area (Å²) in [5, 5.41) is 12.1. The average Bonchev–Trinajstić information content (AvgIpc) is 3.31. The van der Waals surface area contributed by atoms with Gasteiger partial charge in [0, 0.05) is 17.6 Å². The number of nitriles is 1. The van der Waals surface area contributed by atoms with Crippen molar-refractivity contribution in [1.82, 2.24) is 16.2 Å². The van der Waals surface area contributed by atoms with Crippen LogP contribution in [0.5, 0.6) is 0 Å². The van der Waals surface area contributed by atoms with Gasteiger partial charge in [0.25, 0.3) is 5.91 Å². The number of fused-ring (bicyclic) bond motifs is 1. The summed E-state index contributed by atoms with van der Waals surface area (Å²) < 4.78 is 19.4. The second-order valence-corrected chi connectivity index (χ2v) is 7.28. The van der Waals surface area contributed by atoms with Gasteiger partial charge < -0.3 is 9.73 Å². The number of amides is 1. The molecule has 1 amide bonds. The normalized spacial score (nSPS) is 27.0. The lowest BCUT2D eigenvalue weighted by Crippen LogP contribution is -2.44. The van der Waals surface area contributed by atoms with Crippen LogP contribution in [0, 0.1) is 30.0 Å². The number of nitrogens with zero attached hydrogens (tertiary/aromatic N) is 1. The van der Waals surface area contributed by atoms with E-state index in [1.807, 2.05) is 12.1 Å². The number of carbonyl (C=O) groups excluding carboxylic acids is 1. The number of rotatable bonds is 3. The fraction of sp³-hybridized carbons (Fsp3) is 0.400. The van der Waals surface area contributed by atoms with E-state index < -0.39 is 11.7 Å². The van der Waals surface area contributed by atoms with Crippen LogP contribution < -0.4 is 16.2 Å². The Labute approximate surface area is 156 Å². The number of furan rings is 1. The Balaban J connectivity index is 1.49. The lowest BCUT2D eigenvalue weighted by atomic mass is 9.77. The van der Waals surface area contributed by atoms with E-state index in [0.29, 0.717) is 23.1 Å². The molecule has 3 N–H and O–H groups in total. The van der Waals surface area contributed by atoms with E-state index in [-0.39, 0.29) is 17.6 Å². The van der Waals surface area contributed by atoms with Gasteiger partial charge in [0.1, 0.15) is 5.82 Å². The zero-order valence-electron chi connectivity index (χ0n) is 15.0. The highest BCUT2D eigenvalue weighted by Crippen LogP contribution is 2.38. The van der Waals surface area contributed by atoms with Crippen LogP contribution in [0.4, 0.5) is 4.39 Å². The van der Waals surface area contributed by atoms with Gasteiger partial charge in [-0.1, -0.05) is 0 Å². The zero-order valence-corrected chi connectivity index (χ0v) is 15.0. The van der Waals surface area contributed by atoms with Gasteiger partial charge >= 0.3 is 0 Å². The summed E-state index contributed by atoms with van der Waals surface area (Å²) in [5.74, 6) is -0.750. The van der Waals surface area contributed by atoms with Gasteiger partial charge in [0.05, 0.1) is 35.8 Å².